The third-order valence-electron chi connectivity index (χ3n) is 7.25. The van der Waals surface area contributed by atoms with Gasteiger partial charge in [0.1, 0.15) is 23.9 Å². The Morgan fingerprint density at radius 3 is 2.56 bits per heavy atom. The van der Waals surface area contributed by atoms with E-state index in [1.165, 1.54) is 24.0 Å². The molecule has 0 bridgehead atoms. The molecule has 7 N–H and O–H groups in total. The number of phenols is 1. The van der Waals surface area contributed by atoms with E-state index in [-0.39, 0.29) is 56.8 Å². The molecule has 0 radical (unpaired) electrons. The van der Waals surface area contributed by atoms with E-state index in [1.54, 1.807) is 19.2 Å². The lowest BCUT2D eigenvalue weighted by Gasteiger charge is -2.29. The summed E-state index contributed by atoms with van der Waals surface area (Å²) in [5.41, 5.74) is 0.0749. The molecule has 1 aromatic carbocycles. The Morgan fingerprint density at radius 1 is 1.14 bits per heavy atom. The maximum Gasteiger partial charge on any atom is 0.268 e. The number of para-hydroxylation sites is 1. The van der Waals surface area contributed by atoms with Crippen molar-refractivity contribution in [1.29, 1.82) is 0 Å². The number of benzene rings is 1. The first-order valence-corrected chi connectivity index (χ1v) is 14.1. The lowest BCUT2D eigenvalue weighted by Crippen LogP contribution is -2.54. The third kappa shape index (κ3) is 9.10. The summed E-state index contributed by atoms with van der Waals surface area (Å²) < 4.78 is 0. The molecule has 0 spiro atoms. The monoisotopic (exact) mass is 605 g/mol. The zero-order valence-corrected chi connectivity index (χ0v) is 24.1. The molecule has 2 aliphatic rings. The molecular formula is C27H39N7O9. The first-order valence-electron chi connectivity index (χ1n) is 14.1. The molecule has 2 aliphatic heterocycles. The van der Waals surface area contributed by atoms with Gasteiger partial charge in [-0.05, 0) is 51.8 Å². The van der Waals surface area contributed by atoms with Crippen LogP contribution in [0, 0.1) is 0 Å². The average molecular weight is 606 g/mol. The van der Waals surface area contributed by atoms with Crippen LogP contribution in [0.5, 0.6) is 5.75 Å². The van der Waals surface area contributed by atoms with Crippen LogP contribution in [-0.2, 0) is 24.0 Å². The quantitative estimate of drug-likeness (QED) is 0.0724. The fraction of sp³-hybridized carbons (Fsp3) is 0.556. The van der Waals surface area contributed by atoms with E-state index in [0.717, 1.165) is 0 Å². The van der Waals surface area contributed by atoms with Crippen LogP contribution in [0.1, 0.15) is 49.4 Å². The van der Waals surface area contributed by atoms with Gasteiger partial charge in [-0.25, -0.2) is 10.1 Å². The Kier molecular flexibility index (Phi) is 11.8. The number of hydrogen-bond donors (Lipinski definition) is 7. The van der Waals surface area contributed by atoms with Gasteiger partial charge >= 0.3 is 0 Å². The molecule has 43 heavy (non-hydrogen) atoms. The van der Waals surface area contributed by atoms with E-state index < -0.39 is 59.6 Å². The Morgan fingerprint density at radius 2 is 1.86 bits per heavy atom. The van der Waals surface area contributed by atoms with E-state index in [4.69, 9.17) is 0 Å². The number of aromatic hydroxyl groups is 1. The second-order valence-corrected chi connectivity index (χ2v) is 10.4. The summed E-state index contributed by atoms with van der Waals surface area (Å²) in [5, 5.41) is 41.0. The highest BCUT2D eigenvalue weighted by molar-refractivity contribution is 6.03. The van der Waals surface area contributed by atoms with Gasteiger partial charge in [-0.15, -0.1) is 0 Å². The predicted octanol–water partition coefficient (Wildman–Crippen LogP) is -1.69. The van der Waals surface area contributed by atoms with Crippen molar-refractivity contribution < 1.29 is 44.3 Å². The molecule has 0 aromatic heterocycles. The predicted molar refractivity (Wildman–Crippen MR) is 148 cm³/mol. The summed E-state index contributed by atoms with van der Waals surface area (Å²) >= 11 is 0. The maximum absolute atomic E-state index is 12.5. The van der Waals surface area contributed by atoms with Crippen molar-refractivity contribution in [3.8, 4) is 5.75 Å². The molecular weight excluding hydrogens is 566 g/mol. The lowest BCUT2D eigenvalue weighted by atomic mass is 10.0. The largest absolute Gasteiger partial charge is 0.507 e. The van der Waals surface area contributed by atoms with Gasteiger partial charge in [-0.2, -0.15) is 0 Å². The first kappa shape index (κ1) is 33.2. The standard InChI is InChI=1S/C27H39N7O9/c1-16(30-25(39)20-15-32(20)26(40)17-7-3-4-10-21(17)35)23(37)29-12-11-22(36)33(42)13-5-8-18(28-2)24(38)31-19-9-6-14-34(43)27(19)41/h3-4,7,10,16,18-20,28,35,42-43H,5-6,8-9,11-15H2,1-2H3,(H,29,37)(H,30,39)(H,31,38)/t16-,18?,19-,20+,32?/m0/s1. The summed E-state index contributed by atoms with van der Waals surface area (Å²) in [7, 11) is 1.57. The molecule has 2 heterocycles. The van der Waals surface area contributed by atoms with Crippen LogP contribution in [0.4, 0.5) is 0 Å². The number of likely N-dealkylation sites (N-methyl/N-ethyl adjacent to an activating group) is 1. The first-order chi connectivity index (χ1) is 20.4. The van der Waals surface area contributed by atoms with E-state index in [9.17, 15) is 44.3 Å². The molecule has 4 atom stereocenters. The molecule has 1 aromatic rings. The van der Waals surface area contributed by atoms with Crippen LogP contribution >= 0.6 is 0 Å². The molecule has 0 saturated carbocycles. The normalized spacial score (nSPS) is 19.2. The number of hydrogen-bond acceptors (Lipinski definition) is 10. The molecule has 0 aliphatic carbocycles. The topological polar surface area (TPSA) is 221 Å². The van der Waals surface area contributed by atoms with Crippen molar-refractivity contribution in [2.24, 2.45) is 0 Å². The summed E-state index contributed by atoms with van der Waals surface area (Å²) in [5.74, 6) is -3.45. The van der Waals surface area contributed by atoms with Crippen LogP contribution in [0.2, 0.25) is 0 Å². The number of amides is 6. The van der Waals surface area contributed by atoms with Gasteiger partial charge < -0.3 is 31.3 Å². The van der Waals surface area contributed by atoms with Gasteiger partial charge in [0, 0.05) is 26.1 Å². The van der Waals surface area contributed by atoms with E-state index in [0.29, 0.717) is 23.0 Å². The molecule has 3 rings (SSSR count). The van der Waals surface area contributed by atoms with Gasteiger partial charge in [-0.3, -0.25) is 39.2 Å². The number of hydroxylamine groups is 4. The van der Waals surface area contributed by atoms with Crippen LogP contribution in [0.25, 0.3) is 0 Å². The zero-order valence-electron chi connectivity index (χ0n) is 24.1. The number of carbonyl (C=O) groups excluding carboxylic acids is 6. The average Bonchev–Trinajstić information content (AvgIpc) is 3.78. The zero-order chi connectivity index (χ0) is 31.7. The Labute approximate surface area is 248 Å². The molecule has 236 valence electrons. The summed E-state index contributed by atoms with van der Waals surface area (Å²) in [6.07, 6.45) is 1.26. The van der Waals surface area contributed by atoms with Crippen LogP contribution < -0.4 is 21.3 Å². The fourth-order valence-electron chi connectivity index (χ4n) is 4.59. The van der Waals surface area contributed by atoms with E-state index >= 15 is 0 Å². The van der Waals surface area contributed by atoms with Gasteiger partial charge in [0.05, 0.1) is 18.2 Å². The molecule has 16 nitrogen and oxygen atoms in total. The molecule has 6 amide bonds. The highest BCUT2D eigenvalue weighted by atomic mass is 16.5. The van der Waals surface area contributed by atoms with Crippen molar-refractivity contribution in [2.75, 3.05) is 33.2 Å². The van der Waals surface area contributed by atoms with Gasteiger partial charge in [0.2, 0.25) is 23.6 Å². The number of nitrogens with zero attached hydrogens (tertiary/aromatic N) is 3. The van der Waals surface area contributed by atoms with Crippen LogP contribution in [0.3, 0.4) is 0 Å². The Bertz CT molecular complexity index is 1210. The van der Waals surface area contributed by atoms with Crippen molar-refractivity contribution in [3.63, 3.8) is 0 Å². The minimum atomic E-state index is -0.954. The molecule has 16 heteroatoms. The highest BCUT2D eigenvalue weighted by Gasteiger charge is 2.45. The summed E-state index contributed by atoms with van der Waals surface area (Å²) in [6.45, 7) is 1.63. The number of rotatable bonds is 14. The Hall–Kier alpha value is -4.28. The highest BCUT2D eigenvalue weighted by Crippen LogP contribution is 2.25. The summed E-state index contributed by atoms with van der Waals surface area (Å²) in [4.78, 5) is 75.3. The Balaban J connectivity index is 1.31. The van der Waals surface area contributed by atoms with Gasteiger partial charge in [0.15, 0.2) is 0 Å². The van der Waals surface area contributed by atoms with Gasteiger partial charge in [-0.1, -0.05) is 12.1 Å². The maximum atomic E-state index is 12.5. The lowest BCUT2D eigenvalue weighted by molar-refractivity contribution is -0.173. The minimum Gasteiger partial charge on any atom is -0.507 e. The fourth-order valence-corrected chi connectivity index (χ4v) is 4.59. The SMILES string of the molecule is CNC(CCCN(O)C(=O)CCNC(=O)[C@H](C)NC(=O)[C@H]1CN1C(=O)c1ccccc1O)C(=O)N[C@H]1CCCN(O)C1=O. The third-order valence-corrected chi connectivity index (χ3v) is 7.25. The van der Waals surface area contributed by atoms with Crippen molar-refractivity contribution in [1.82, 2.24) is 36.3 Å². The number of nitrogens with one attached hydrogen (secondary N) is 4. The second kappa shape index (κ2) is 15.3. The second-order valence-electron chi connectivity index (χ2n) is 10.4. The van der Waals surface area contributed by atoms with Crippen LogP contribution in [-0.4, -0.2) is 123 Å². The number of piperidine rings is 1. The molecule has 1 unspecified atom stereocenters. The van der Waals surface area contributed by atoms with E-state index in [1.807, 2.05) is 0 Å². The molecule has 2 fully saturated rings. The van der Waals surface area contributed by atoms with Gasteiger partial charge in [0.25, 0.3) is 11.8 Å². The number of phenolic OH excluding ortho intramolecular Hbond substituents is 1. The van der Waals surface area contributed by atoms with Crippen molar-refractivity contribution in [3.05, 3.63) is 29.8 Å². The smallest absolute Gasteiger partial charge is 0.268 e. The van der Waals surface area contributed by atoms with Crippen molar-refractivity contribution in [2.45, 2.75) is 63.2 Å². The van der Waals surface area contributed by atoms with Crippen LogP contribution in [0.15, 0.2) is 24.3 Å². The molecule has 2 saturated heterocycles. The van der Waals surface area contributed by atoms with E-state index in [2.05, 4.69) is 21.3 Å². The number of carbonyl (C=O) groups is 6. The minimum absolute atomic E-state index is 0.0746. The summed E-state index contributed by atoms with van der Waals surface area (Å²) in [6, 6.07) is 2.76. The van der Waals surface area contributed by atoms with Crippen molar-refractivity contribution >= 4 is 35.4 Å².